The van der Waals surface area contributed by atoms with Gasteiger partial charge in [-0.05, 0) is 30.5 Å². The van der Waals surface area contributed by atoms with E-state index in [0.717, 1.165) is 25.7 Å². The van der Waals surface area contributed by atoms with Crippen LogP contribution in [0.1, 0.15) is 42.9 Å². The molecule has 2 aromatic carbocycles. The Kier molecular flexibility index (Phi) is 5.41. The molecule has 0 bridgehead atoms. The van der Waals surface area contributed by atoms with E-state index in [1.807, 2.05) is 6.07 Å². The van der Waals surface area contributed by atoms with Crippen molar-refractivity contribution in [2.75, 3.05) is 11.4 Å². The smallest absolute Gasteiger partial charge is 0.240 e. The number of anilines is 1. The molecule has 1 aliphatic carbocycles. The van der Waals surface area contributed by atoms with E-state index in [1.54, 1.807) is 42.5 Å². The van der Waals surface area contributed by atoms with Crippen LogP contribution < -0.4 is 10.2 Å². The molecule has 0 saturated heterocycles. The molecule has 2 aliphatic rings. The summed E-state index contributed by atoms with van der Waals surface area (Å²) in [5.41, 5.74) is 0.852. The molecule has 7 heteroatoms. The third-order valence-electron chi connectivity index (χ3n) is 5.69. The molecular weight excluding hydrogens is 388 g/mol. The molecule has 0 unspecified atom stereocenters. The van der Waals surface area contributed by atoms with Crippen LogP contribution in [0.4, 0.5) is 5.69 Å². The molecule has 152 valence electrons. The molecule has 1 fully saturated rings. The minimum Gasteiger partial charge on any atom is -0.352 e. The summed E-state index contributed by atoms with van der Waals surface area (Å²) in [6.45, 7) is -0.177. The van der Waals surface area contributed by atoms with E-state index in [2.05, 4.69) is 5.32 Å². The van der Waals surface area contributed by atoms with Gasteiger partial charge in [0.25, 0.3) is 0 Å². The molecule has 0 spiro atoms. The number of sulfone groups is 1. The molecule has 1 heterocycles. The van der Waals surface area contributed by atoms with Crippen LogP contribution in [0.5, 0.6) is 0 Å². The molecule has 1 saturated carbocycles. The second-order valence-electron chi connectivity index (χ2n) is 7.64. The summed E-state index contributed by atoms with van der Waals surface area (Å²) < 4.78 is 26.8. The van der Waals surface area contributed by atoms with Crippen LogP contribution in [-0.2, 0) is 19.4 Å². The summed E-state index contributed by atoms with van der Waals surface area (Å²) in [4.78, 5) is 27.1. The molecule has 1 aliphatic heterocycles. The van der Waals surface area contributed by atoms with E-state index in [4.69, 9.17) is 0 Å². The van der Waals surface area contributed by atoms with Gasteiger partial charge in [-0.25, -0.2) is 8.42 Å². The Balaban J connectivity index is 1.69. The second kappa shape index (κ2) is 7.99. The summed E-state index contributed by atoms with van der Waals surface area (Å²) in [6.07, 6.45) is 3.88. The van der Waals surface area contributed by atoms with Crippen molar-refractivity contribution in [3.05, 3.63) is 60.2 Å². The Morgan fingerprint density at radius 2 is 1.66 bits per heavy atom. The molecule has 0 radical (unpaired) electrons. The van der Waals surface area contributed by atoms with Gasteiger partial charge in [0.15, 0.2) is 9.84 Å². The van der Waals surface area contributed by atoms with E-state index in [1.165, 1.54) is 11.0 Å². The number of nitrogens with zero attached hydrogens (tertiary/aromatic N) is 1. The fourth-order valence-electron chi connectivity index (χ4n) is 4.21. The van der Waals surface area contributed by atoms with Crippen molar-refractivity contribution in [1.29, 1.82) is 0 Å². The van der Waals surface area contributed by atoms with Gasteiger partial charge in [0.2, 0.25) is 11.8 Å². The number of rotatable bonds is 4. The lowest BCUT2D eigenvalue weighted by molar-refractivity contribution is -0.124. The first-order chi connectivity index (χ1) is 14.0. The van der Waals surface area contributed by atoms with E-state index < -0.39 is 15.1 Å². The number of para-hydroxylation sites is 1. The summed E-state index contributed by atoms with van der Waals surface area (Å²) in [5.74, 6) is -0.621. The maximum absolute atomic E-state index is 13.4. The fourth-order valence-corrected chi connectivity index (χ4v) is 6.13. The lowest BCUT2D eigenvalue weighted by Gasteiger charge is -2.23. The predicted octanol–water partition coefficient (Wildman–Crippen LogP) is 3.00. The first-order valence-corrected chi connectivity index (χ1v) is 11.5. The van der Waals surface area contributed by atoms with Crippen molar-refractivity contribution < 1.29 is 18.0 Å². The molecule has 4 rings (SSSR count). The quantitative estimate of drug-likeness (QED) is 0.837. The Hall–Kier alpha value is -2.67. The molecular formula is C22H24N2O4S. The van der Waals surface area contributed by atoms with E-state index in [-0.39, 0.29) is 41.4 Å². The molecule has 6 nitrogen and oxygen atoms in total. The van der Waals surface area contributed by atoms with Crippen LogP contribution in [0.25, 0.3) is 0 Å². The van der Waals surface area contributed by atoms with Crippen LogP contribution >= 0.6 is 0 Å². The summed E-state index contributed by atoms with van der Waals surface area (Å²) in [6, 6.07) is 15.4. The van der Waals surface area contributed by atoms with Gasteiger partial charge in [-0.15, -0.1) is 0 Å². The van der Waals surface area contributed by atoms with Gasteiger partial charge in [0, 0.05) is 12.5 Å². The largest absolute Gasteiger partial charge is 0.352 e. The van der Waals surface area contributed by atoms with Crippen LogP contribution in [0.15, 0.2) is 59.5 Å². The van der Waals surface area contributed by atoms with Crippen LogP contribution in [-0.4, -0.2) is 32.8 Å². The number of carbonyl (C=O) groups is 2. The Morgan fingerprint density at radius 3 is 2.38 bits per heavy atom. The number of nitrogens with one attached hydrogen (secondary N) is 1. The number of benzene rings is 2. The average molecular weight is 413 g/mol. The number of hydrogen-bond donors (Lipinski definition) is 1. The molecule has 0 aromatic heterocycles. The highest BCUT2D eigenvalue weighted by Gasteiger charge is 2.39. The molecule has 1 atom stereocenters. The van der Waals surface area contributed by atoms with Crippen LogP contribution in [0.2, 0.25) is 0 Å². The highest BCUT2D eigenvalue weighted by atomic mass is 32.2. The maximum Gasteiger partial charge on any atom is 0.240 e. The third kappa shape index (κ3) is 3.92. The van der Waals surface area contributed by atoms with Gasteiger partial charge >= 0.3 is 0 Å². The molecule has 1 N–H and O–H groups in total. The Morgan fingerprint density at radius 1 is 1.00 bits per heavy atom. The number of fused-ring (bicyclic) bond motifs is 1. The van der Waals surface area contributed by atoms with Gasteiger partial charge in [-0.1, -0.05) is 55.3 Å². The molecule has 29 heavy (non-hydrogen) atoms. The second-order valence-corrected chi connectivity index (χ2v) is 9.74. The van der Waals surface area contributed by atoms with Gasteiger partial charge in [0.05, 0.1) is 15.8 Å². The van der Waals surface area contributed by atoms with Crippen molar-refractivity contribution in [3.8, 4) is 0 Å². The van der Waals surface area contributed by atoms with E-state index in [0.29, 0.717) is 5.56 Å². The number of carbonyl (C=O) groups excluding carboxylic acids is 2. The zero-order chi connectivity index (χ0) is 20.4. The van der Waals surface area contributed by atoms with Crippen molar-refractivity contribution in [2.24, 2.45) is 0 Å². The topological polar surface area (TPSA) is 83.6 Å². The normalized spacial score (nSPS) is 21.4. The first-order valence-electron chi connectivity index (χ1n) is 9.94. The van der Waals surface area contributed by atoms with Crippen LogP contribution in [0, 0.1) is 0 Å². The zero-order valence-corrected chi connectivity index (χ0v) is 16.9. The standard InChI is InChI=1S/C22H24N2O4S/c25-21(23-17-10-4-5-11-17)15-24-18-12-6-7-13-19(18)29(27,28)20(14-22(24)26)16-8-2-1-3-9-16/h1-3,6-9,12-13,17,20H,4-5,10-11,14-15H2,(H,23,25)/t20-/m0/s1. The van der Waals surface area contributed by atoms with E-state index >= 15 is 0 Å². The lowest BCUT2D eigenvalue weighted by atomic mass is 10.1. The van der Waals surface area contributed by atoms with Gasteiger partial charge in [0.1, 0.15) is 6.54 Å². The van der Waals surface area contributed by atoms with Crippen LogP contribution in [0.3, 0.4) is 0 Å². The molecule has 2 aromatic rings. The van der Waals surface area contributed by atoms with Crippen molar-refractivity contribution in [3.63, 3.8) is 0 Å². The zero-order valence-electron chi connectivity index (χ0n) is 16.1. The van der Waals surface area contributed by atoms with Gasteiger partial charge in [-0.3, -0.25) is 9.59 Å². The highest BCUT2D eigenvalue weighted by molar-refractivity contribution is 7.92. The summed E-state index contributed by atoms with van der Waals surface area (Å²) >= 11 is 0. The predicted molar refractivity (Wildman–Crippen MR) is 110 cm³/mol. The minimum absolute atomic E-state index is 0.0911. The number of hydrogen-bond acceptors (Lipinski definition) is 4. The Labute approximate surface area is 170 Å². The SMILES string of the molecule is O=C(CN1C(=O)C[C@@H](c2ccccc2)S(=O)(=O)c2ccccc21)NC1CCCC1. The Bertz CT molecular complexity index is 1010. The summed E-state index contributed by atoms with van der Waals surface area (Å²) in [5, 5.41) is 2.01. The highest BCUT2D eigenvalue weighted by Crippen LogP contribution is 2.40. The first kappa shape index (κ1) is 19.6. The maximum atomic E-state index is 13.4. The van der Waals surface area contributed by atoms with Gasteiger partial charge < -0.3 is 10.2 Å². The monoisotopic (exact) mass is 412 g/mol. The average Bonchev–Trinajstić information content (AvgIpc) is 3.21. The summed E-state index contributed by atoms with van der Waals surface area (Å²) in [7, 11) is -3.79. The fraction of sp³-hybridized carbons (Fsp3) is 0.364. The van der Waals surface area contributed by atoms with Crippen molar-refractivity contribution in [1.82, 2.24) is 5.32 Å². The van der Waals surface area contributed by atoms with Crippen molar-refractivity contribution in [2.45, 2.75) is 48.3 Å². The molecule has 2 amide bonds. The third-order valence-corrected chi connectivity index (χ3v) is 7.84. The van der Waals surface area contributed by atoms with Gasteiger partial charge in [-0.2, -0.15) is 0 Å². The number of amides is 2. The minimum atomic E-state index is -3.79. The van der Waals surface area contributed by atoms with Crippen molar-refractivity contribution >= 4 is 27.3 Å². The lowest BCUT2D eigenvalue weighted by Crippen LogP contribution is -2.43. The van der Waals surface area contributed by atoms with E-state index in [9.17, 15) is 18.0 Å².